The molecular weight excluding hydrogens is 672 g/mol. The van der Waals surface area contributed by atoms with Crippen molar-refractivity contribution in [2.75, 3.05) is 65.7 Å². The molecular formula is C33H50N6O12. The van der Waals surface area contributed by atoms with Crippen LogP contribution in [0, 0.1) is 0 Å². The molecule has 0 aliphatic heterocycles. The number of hydrogen-bond acceptors (Lipinski definition) is 14. The molecule has 2 N–H and O–H groups in total. The van der Waals surface area contributed by atoms with E-state index in [1.807, 2.05) is 0 Å². The summed E-state index contributed by atoms with van der Waals surface area (Å²) in [7, 11) is 0. The average molecular weight is 723 g/mol. The molecule has 0 radical (unpaired) electrons. The summed E-state index contributed by atoms with van der Waals surface area (Å²) in [5.74, 6) is -1.37. The van der Waals surface area contributed by atoms with Crippen molar-refractivity contribution in [2.45, 2.75) is 70.6 Å². The van der Waals surface area contributed by atoms with Crippen molar-refractivity contribution in [3.05, 3.63) is 25.3 Å². The zero-order valence-electron chi connectivity index (χ0n) is 29.1. The second-order valence-electron chi connectivity index (χ2n) is 10.6. The zero-order valence-corrected chi connectivity index (χ0v) is 29.1. The van der Waals surface area contributed by atoms with Gasteiger partial charge in [-0.3, -0.25) is 0 Å². The first-order chi connectivity index (χ1) is 24.7. The number of esters is 2. The normalized spacial score (nSPS) is 9.88. The maximum absolute atomic E-state index is 12.9. The van der Waals surface area contributed by atoms with Crippen molar-refractivity contribution in [3.8, 4) is 0 Å². The van der Waals surface area contributed by atoms with Gasteiger partial charge in [-0.25, -0.2) is 58.1 Å². The van der Waals surface area contributed by atoms with E-state index >= 15 is 0 Å². The van der Waals surface area contributed by atoms with Gasteiger partial charge in [0.2, 0.25) is 12.2 Å². The van der Waals surface area contributed by atoms with Gasteiger partial charge >= 0.3 is 36.2 Å². The molecule has 0 rings (SSSR count). The maximum Gasteiger partial charge on any atom is 0.418 e. The number of aliphatic imine (C=N–C) groups is 2. The lowest BCUT2D eigenvalue weighted by molar-refractivity contribution is -0.139. The molecule has 0 aromatic carbocycles. The molecule has 0 saturated heterocycles. The highest BCUT2D eigenvalue weighted by Crippen LogP contribution is 2.07. The molecule has 0 unspecified atom stereocenters. The molecule has 284 valence electrons. The smallest absolute Gasteiger partial charge is 0.418 e. The van der Waals surface area contributed by atoms with Crippen molar-refractivity contribution in [3.63, 3.8) is 0 Å². The van der Waals surface area contributed by atoms with Crippen molar-refractivity contribution in [1.29, 1.82) is 0 Å². The molecule has 0 bridgehead atoms. The molecule has 0 heterocycles. The molecule has 6 amide bonds. The zero-order chi connectivity index (χ0) is 38.0. The van der Waals surface area contributed by atoms with E-state index in [2.05, 4.69) is 33.8 Å². The van der Waals surface area contributed by atoms with Crippen LogP contribution in [0.4, 0.5) is 19.2 Å². The first kappa shape index (κ1) is 45.7. The lowest BCUT2D eigenvalue weighted by Gasteiger charge is -2.22. The number of amides is 6. The van der Waals surface area contributed by atoms with Gasteiger partial charge in [0.05, 0.1) is 13.1 Å². The molecule has 0 fully saturated rings. The largest absolute Gasteiger partial charge is 0.459 e. The standard InChI is InChI=1S/C33H50N6O12/c1-3-28(42)48-22-24-50-32(46)38(20-14-8-7-11-17-35-27-41)31(45)37-19-13-9-15-21-39(33(47)51-25-23-49-29(43)4-2)30(44)36-18-12-6-5-10-16-34-26-40/h3-4H,1-2,5-25H2,(H,36,44)(H,37,45). The number of imide groups is 2. The Morgan fingerprint density at radius 3 is 1.27 bits per heavy atom. The molecule has 0 saturated carbocycles. The van der Waals surface area contributed by atoms with Crippen molar-refractivity contribution in [2.24, 2.45) is 9.98 Å². The molecule has 0 aromatic rings. The van der Waals surface area contributed by atoms with E-state index in [4.69, 9.17) is 18.9 Å². The molecule has 0 aliphatic rings. The molecule has 0 atom stereocenters. The summed E-state index contributed by atoms with van der Waals surface area (Å²) in [6.45, 7) is 6.85. The summed E-state index contributed by atoms with van der Waals surface area (Å²) >= 11 is 0. The van der Waals surface area contributed by atoms with Crippen molar-refractivity contribution < 1.29 is 57.3 Å². The SMILES string of the molecule is C=CC(=O)OCCOC(=O)N(CCCCCCN=C=O)C(=O)NCCCCCN(C(=O)NCCCCCCN=C=O)C(=O)OCCOC(=O)C=C. The monoisotopic (exact) mass is 722 g/mol. The van der Waals surface area contributed by atoms with Crippen LogP contribution < -0.4 is 10.6 Å². The number of nitrogens with zero attached hydrogens (tertiary/aromatic N) is 4. The highest BCUT2D eigenvalue weighted by Gasteiger charge is 2.24. The Kier molecular flexibility index (Phi) is 28.6. The van der Waals surface area contributed by atoms with E-state index in [9.17, 15) is 38.4 Å². The van der Waals surface area contributed by atoms with E-state index in [1.165, 1.54) is 12.2 Å². The predicted octanol–water partition coefficient (Wildman–Crippen LogP) is 3.70. The third-order valence-electron chi connectivity index (χ3n) is 6.71. The lowest BCUT2D eigenvalue weighted by atomic mass is 10.2. The van der Waals surface area contributed by atoms with Crippen LogP contribution >= 0.6 is 0 Å². The Morgan fingerprint density at radius 1 is 0.529 bits per heavy atom. The van der Waals surface area contributed by atoms with Crippen LogP contribution in [0.25, 0.3) is 0 Å². The fraction of sp³-hybridized carbons (Fsp3) is 0.636. The number of nitrogens with one attached hydrogen (secondary N) is 2. The van der Waals surface area contributed by atoms with Gasteiger partial charge in [0, 0.05) is 38.3 Å². The van der Waals surface area contributed by atoms with Crippen molar-refractivity contribution >= 4 is 48.3 Å². The van der Waals surface area contributed by atoms with Crippen LogP contribution in [0.3, 0.4) is 0 Å². The second kappa shape index (κ2) is 31.9. The number of isocyanates is 2. The Labute approximate surface area is 297 Å². The van der Waals surface area contributed by atoms with Gasteiger partial charge in [-0.2, -0.15) is 0 Å². The minimum absolute atomic E-state index is 0.00178. The Bertz CT molecular complexity index is 1200. The first-order valence-electron chi connectivity index (χ1n) is 16.8. The highest BCUT2D eigenvalue weighted by molar-refractivity contribution is 5.91. The maximum atomic E-state index is 12.9. The highest BCUT2D eigenvalue weighted by atomic mass is 16.6. The third kappa shape index (κ3) is 25.3. The van der Waals surface area contributed by atoms with Crippen LogP contribution in [-0.2, 0) is 38.1 Å². The fourth-order valence-electron chi connectivity index (χ4n) is 4.10. The molecule has 18 heteroatoms. The minimum Gasteiger partial charge on any atom is -0.459 e. The Hall–Kier alpha value is -5.34. The average Bonchev–Trinajstić information content (AvgIpc) is 3.13. The van der Waals surface area contributed by atoms with Crippen LogP contribution in [0.5, 0.6) is 0 Å². The van der Waals surface area contributed by atoms with Gasteiger partial charge in [-0.05, 0) is 44.9 Å². The number of carbonyl (C=O) groups is 6. The molecule has 18 nitrogen and oxygen atoms in total. The predicted molar refractivity (Wildman–Crippen MR) is 182 cm³/mol. The quantitative estimate of drug-likeness (QED) is 0.0294. The van der Waals surface area contributed by atoms with E-state index in [-0.39, 0.29) is 46.1 Å². The molecule has 51 heavy (non-hydrogen) atoms. The van der Waals surface area contributed by atoms with Gasteiger partial charge in [-0.1, -0.05) is 38.8 Å². The number of unbranched alkanes of at least 4 members (excludes halogenated alkanes) is 8. The van der Waals surface area contributed by atoms with E-state index in [0.717, 1.165) is 47.6 Å². The Balaban J connectivity index is 4.94. The summed E-state index contributed by atoms with van der Waals surface area (Å²) in [4.78, 5) is 103. The number of urea groups is 2. The number of rotatable bonds is 28. The summed E-state index contributed by atoms with van der Waals surface area (Å²) in [5.41, 5.74) is 0. The second-order valence-corrected chi connectivity index (χ2v) is 10.6. The fourth-order valence-corrected chi connectivity index (χ4v) is 4.10. The first-order valence-corrected chi connectivity index (χ1v) is 16.8. The van der Waals surface area contributed by atoms with Gasteiger partial charge in [0.1, 0.15) is 26.4 Å². The molecule has 0 aliphatic carbocycles. The molecule has 0 aromatic heterocycles. The summed E-state index contributed by atoms with van der Waals surface area (Å²) in [6, 6.07) is -1.35. The van der Waals surface area contributed by atoms with Crippen LogP contribution in [-0.4, -0.2) is 124 Å². The summed E-state index contributed by atoms with van der Waals surface area (Å²) < 4.78 is 19.7. The van der Waals surface area contributed by atoms with E-state index < -0.39 is 36.2 Å². The van der Waals surface area contributed by atoms with E-state index in [0.29, 0.717) is 64.6 Å². The third-order valence-corrected chi connectivity index (χ3v) is 6.71. The van der Waals surface area contributed by atoms with Crippen LogP contribution in [0.2, 0.25) is 0 Å². The van der Waals surface area contributed by atoms with Crippen LogP contribution in [0.15, 0.2) is 35.3 Å². The Morgan fingerprint density at radius 2 is 0.882 bits per heavy atom. The topological polar surface area (TPSA) is 229 Å². The van der Waals surface area contributed by atoms with Crippen LogP contribution in [0.1, 0.15) is 70.6 Å². The number of hydrogen-bond donors (Lipinski definition) is 2. The number of carbonyl (C=O) groups excluding carboxylic acids is 8. The van der Waals surface area contributed by atoms with Gasteiger partial charge in [0.15, 0.2) is 0 Å². The van der Waals surface area contributed by atoms with Gasteiger partial charge in [0.25, 0.3) is 0 Å². The summed E-state index contributed by atoms with van der Waals surface area (Å²) in [5, 5.41) is 5.34. The number of ether oxygens (including phenoxy) is 4. The van der Waals surface area contributed by atoms with E-state index in [1.54, 1.807) is 0 Å². The minimum atomic E-state index is -0.924. The summed E-state index contributed by atoms with van der Waals surface area (Å²) in [6.07, 6.45) is 9.78. The molecule has 0 spiro atoms. The van der Waals surface area contributed by atoms with Gasteiger partial charge < -0.3 is 29.6 Å². The van der Waals surface area contributed by atoms with Crippen molar-refractivity contribution in [1.82, 2.24) is 20.4 Å². The lowest BCUT2D eigenvalue weighted by Crippen LogP contribution is -2.45. The van der Waals surface area contributed by atoms with Gasteiger partial charge in [-0.15, -0.1) is 0 Å².